The SMILES string of the molecule is COc1cccc(-c2nc(C(N)=O)c3[nH]c(=O)n(-c4cccc(Cl)c4)c3n2)c1. The molecular weight excluding hydrogens is 382 g/mol. The Morgan fingerprint density at radius 2 is 1.96 bits per heavy atom. The lowest BCUT2D eigenvalue weighted by atomic mass is 10.2. The number of methoxy groups -OCH3 is 1. The van der Waals surface area contributed by atoms with Crippen LogP contribution >= 0.6 is 11.6 Å². The highest BCUT2D eigenvalue weighted by atomic mass is 35.5. The molecule has 2 aromatic heterocycles. The molecule has 28 heavy (non-hydrogen) atoms. The van der Waals surface area contributed by atoms with Gasteiger partial charge in [-0.25, -0.2) is 19.3 Å². The van der Waals surface area contributed by atoms with Gasteiger partial charge in [0.05, 0.1) is 12.8 Å². The van der Waals surface area contributed by atoms with Crippen molar-refractivity contribution in [1.82, 2.24) is 19.5 Å². The summed E-state index contributed by atoms with van der Waals surface area (Å²) in [4.78, 5) is 36.0. The molecule has 2 aromatic carbocycles. The lowest BCUT2D eigenvalue weighted by Crippen LogP contribution is -2.15. The number of halogens is 1. The number of carbonyl (C=O) groups is 1. The Kier molecular flexibility index (Phi) is 4.32. The number of carbonyl (C=O) groups excluding carboxylic acids is 1. The van der Waals surface area contributed by atoms with E-state index >= 15 is 0 Å². The molecule has 0 fully saturated rings. The summed E-state index contributed by atoms with van der Waals surface area (Å²) in [6.07, 6.45) is 0. The molecule has 0 aliphatic carbocycles. The van der Waals surface area contributed by atoms with E-state index in [0.717, 1.165) is 0 Å². The van der Waals surface area contributed by atoms with Crippen molar-refractivity contribution < 1.29 is 9.53 Å². The standard InChI is InChI=1S/C19H14ClN5O3/c1-28-13-7-2-4-10(8-13)17-22-14(16(21)26)15-18(24-17)25(19(27)23-15)12-6-3-5-11(20)9-12/h2-9H,1H3,(H2,21,26)(H,23,27). The molecule has 2 heterocycles. The van der Waals surface area contributed by atoms with E-state index in [1.54, 1.807) is 55.6 Å². The maximum Gasteiger partial charge on any atom is 0.332 e. The summed E-state index contributed by atoms with van der Waals surface area (Å²) < 4.78 is 6.55. The molecule has 0 saturated heterocycles. The van der Waals surface area contributed by atoms with Crippen LogP contribution in [-0.4, -0.2) is 32.5 Å². The predicted molar refractivity (Wildman–Crippen MR) is 105 cm³/mol. The number of fused-ring (bicyclic) bond motifs is 1. The van der Waals surface area contributed by atoms with Crippen LogP contribution in [-0.2, 0) is 0 Å². The maximum atomic E-state index is 12.6. The van der Waals surface area contributed by atoms with Crippen LogP contribution < -0.4 is 16.2 Å². The zero-order valence-corrected chi connectivity index (χ0v) is 15.4. The summed E-state index contributed by atoms with van der Waals surface area (Å²) in [5.74, 6) is 0.0501. The highest BCUT2D eigenvalue weighted by molar-refractivity contribution is 6.30. The highest BCUT2D eigenvalue weighted by Gasteiger charge is 2.20. The number of primary amides is 1. The second kappa shape index (κ2) is 6.82. The third-order valence-electron chi connectivity index (χ3n) is 4.16. The van der Waals surface area contributed by atoms with E-state index in [9.17, 15) is 9.59 Å². The molecule has 0 radical (unpaired) electrons. The number of benzene rings is 2. The Hall–Kier alpha value is -3.65. The molecule has 4 rings (SSSR count). The Balaban J connectivity index is 2.05. The first-order valence-electron chi connectivity index (χ1n) is 8.21. The number of aromatic amines is 1. The van der Waals surface area contributed by atoms with Gasteiger partial charge < -0.3 is 15.5 Å². The Labute approximate surface area is 163 Å². The number of amides is 1. The van der Waals surface area contributed by atoms with Gasteiger partial charge in [-0.2, -0.15) is 0 Å². The van der Waals surface area contributed by atoms with E-state index in [-0.39, 0.29) is 22.7 Å². The fourth-order valence-electron chi connectivity index (χ4n) is 2.91. The summed E-state index contributed by atoms with van der Waals surface area (Å²) in [5, 5.41) is 0.455. The molecule has 140 valence electrons. The second-order valence-electron chi connectivity index (χ2n) is 5.94. The second-order valence-corrected chi connectivity index (χ2v) is 6.37. The minimum absolute atomic E-state index is 0.0827. The molecule has 0 spiro atoms. The smallest absolute Gasteiger partial charge is 0.332 e. The summed E-state index contributed by atoms with van der Waals surface area (Å²) in [6.45, 7) is 0. The molecule has 0 unspecified atom stereocenters. The monoisotopic (exact) mass is 395 g/mol. The van der Waals surface area contributed by atoms with Gasteiger partial charge in [-0.05, 0) is 30.3 Å². The number of aromatic nitrogens is 4. The number of H-pyrrole nitrogens is 1. The molecule has 3 N–H and O–H groups in total. The number of imidazole rings is 1. The van der Waals surface area contributed by atoms with E-state index in [4.69, 9.17) is 22.1 Å². The lowest BCUT2D eigenvalue weighted by molar-refractivity contribution is 0.0997. The van der Waals surface area contributed by atoms with Crippen LogP contribution in [0.3, 0.4) is 0 Å². The number of ether oxygens (including phenoxy) is 1. The summed E-state index contributed by atoms with van der Waals surface area (Å²) >= 11 is 6.06. The fraction of sp³-hybridized carbons (Fsp3) is 0.0526. The average Bonchev–Trinajstić information content (AvgIpc) is 3.02. The van der Waals surface area contributed by atoms with Crippen LogP contribution in [0.25, 0.3) is 28.2 Å². The van der Waals surface area contributed by atoms with E-state index in [1.165, 1.54) is 4.57 Å². The normalized spacial score (nSPS) is 10.9. The van der Waals surface area contributed by atoms with E-state index in [2.05, 4.69) is 15.0 Å². The van der Waals surface area contributed by atoms with Crippen molar-refractivity contribution in [3.8, 4) is 22.8 Å². The zero-order chi connectivity index (χ0) is 19.8. The van der Waals surface area contributed by atoms with Gasteiger partial charge in [0.15, 0.2) is 17.2 Å². The van der Waals surface area contributed by atoms with Crippen LogP contribution in [0, 0.1) is 0 Å². The Morgan fingerprint density at radius 1 is 1.18 bits per heavy atom. The van der Waals surface area contributed by atoms with Crippen molar-refractivity contribution in [3.63, 3.8) is 0 Å². The summed E-state index contributed by atoms with van der Waals surface area (Å²) in [7, 11) is 1.54. The maximum absolute atomic E-state index is 12.6. The van der Waals surface area contributed by atoms with Gasteiger partial charge >= 0.3 is 5.69 Å². The van der Waals surface area contributed by atoms with Crippen LogP contribution in [0.5, 0.6) is 5.75 Å². The topological polar surface area (TPSA) is 116 Å². The largest absolute Gasteiger partial charge is 0.497 e. The summed E-state index contributed by atoms with van der Waals surface area (Å²) in [5.41, 5.74) is 6.40. The first-order chi connectivity index (χ1) is 13.5. The van der Waals surface area contributed by atoms with Gasteiger partial charge in [0, 0.05) is 10.6 Å². The summed E-state index contributed by atoms with van der Waals surface area (Å²) in [6, 6.07) is 13.8. The molecule has 1 amide bonds. The van der Waals surface area contributed by atoms with Crippen LogP contribution in [0.4, 0.5) is 0 Å². The average molecular weight is 396 g/mol. The van der Waals surface area contributed by atoms with Gasteiger partial charge in [0.25, 0.3) is 5.91 Å². The molecule has 8 nitrogen and oxygen atoms in total. The van der Waals surface area contributed by atoms with Gasteiger partial charge in [0.2, 0.25) is 0 Å². The van der Waals surface area contributed by atoms with Gasteiger partial charge in [-0.1, -0.05) is 29.8 Å². The van der Waals surface area contributed by atoms with Crippen molar-refractivity contribution in [2.45, 2.75) is 0 Å². The molecular formula is C19H14ClN5O3. The van der Waals surface area contributed by atoms with Gasteiger partial charge in [-0.15, -0.1) is 0 Å². The van der Waals surface area contributed by atoms with E-state index in [1.807, 2.05) is 0 Å². The first-order valence-corrected chi connectivity index (χ1v) is 8.58. The molecule has 0 atom stereocenters. The lowest BCUT2D eigenvalue weighted by Gasteiger charge is -2.07. The Bertz CT molecular complexity index is 1280. The van der Waals surface area contributed by atoms with Crippen LogP contribution in [0.2, 0.25) is 5.02 Å². The minimum Gasteiger partial charge on any atom is -0.497 e. The quantitative estimate of drug-likeness (QED) is 0.550. The molecule has 4 aromatic rings. The molecule has 0 bridgehead atoms. The third kappa shape index (κ3) is 2.99. The predicted octanol–water partition coefficient (Wildman–Crippen LogP) is 2.54. The molecule has 9 heteroatoms. The Morgan fingerprint density at radius 3 is 2.68 bits per heavy atom. The molecule has 0 aliphatic rings. The van der Waals surface area contributed by atoms with E-state index in [0.29, 0.717) is 22.0 Å². The van der Waals surface area contributed by atoms with Crippen molar-refractivity contribution in [2.75, 3.05) is 7.11 Å². The third-order valence-corrected chi connectivity index (χ3v) is 4.40. The van der Waals surface area contributed by atoms with Crippen LogP contribution in [0.1, 0.15) is 10.5 Å². The van der Waals surface area contributed by atoms with Gasteiger partial charge in [-0.3, -0.25) is 4.79 Å². The number of rotatable bonds is 4. The number of nitrogens with one attached hydrogen (secondary N) is 1. The van der Waals surface area contributed by atoms with Crippen molar-refractivity contribution in [2.24, 2.45) is 5.73 Å². The van der Waals surface area contributed by atoms with Crippen LogP contribution in [0.15, 0.2) is 53.3 Å². The van der Waals surface area contributed by atoms with Crippen molar-refractivity contribution in [3.05, 3.63) is 69.7 Å². The minimum atomic E-state index is -0.781. The molecule has 0 aliphatic heterocycles. The fourth-order valence-corrected chi connectivity index (χ4v) is 3.09. The van der Waals surface area contributed by atoms with E-state index < -0.39 is 11.6 Å². The number of nitrogens with zero attached hydrogens (tertiary/aromatic N) is 3. The van der Waals surface area contributed by atoms with Crippen molar-refractivity contribution in [1.29, 1.82) is 0 Å². The number of nitrogens with two attached hydrogens (primary N) is 1. The highest BCUT2D eigenvalue weighted by Crippen LogP contribution is 2.25. The molecule has 0 saturated carbocycles. The zero-order valence-electron chi connectivity index (χ0n) is 14.6. The van der Waals surface area contributed by atoms with Gasteiger partial charge in [0.1, 0.15) is 11.3 Å². The first kappa shape index (κ1) is 17.7. The number of hydrogen-bond acceptors (Lipinski definition) is 5. The number of hydrogen-bond donors (Lipinski definition) is 2. The van der Waals surface area contributed by atoms with Crippen molar-refractivity contribution >= 4 is 28.7 Å².